The number of nitrogens with one attached hydrogen (secondary N) is 2. The highest BCUT2D eigenvalue weighted by molar-refractivity contribution is 6.03. The number of rotatable bonds is 3. The third-order valence-corrected chi connectivity index (χ3v) is 7.58. The van der Waals surface area contributed by atoms with Gasteiger partial charge in [-0.15, -0.1) is 0 Å². The van der Waals surface area contributed by atoms with Gasteiger partial charge in [0, 0.05) is 40.2 Å². The van der Waals surface area contributed by atoms with E-state index in [1.54, 1.807) is 0 Å². The van der Waals surface area contributed by atoms with E-state index in [4.69, 9.17) is 4.98 Å². The maximum Gasteiger partial charge on any atom is 0.164 e. The molecule has 0 radical (unpaired) electrons. The molecule has 1 saturated carbocycles. The van der Waals surface area contributed by atoms with Crippen molar-refractivity contribution in [3.63, 3.8) is 0 Å². The van der Waals surface area contributed by atoms with E-state index in [9.17, 15) is 4.79 Å². The number of carbonyl (C=O) groups excluding carboxylic acids is 1. The first-order valence-electron chi connectivity index (χ1n) is 11.1. The van der Waals surface area contributed by atoms with Gasteiger partial charge in [0.25, 0.3) is 0 Å². The molecule has 1 spiro atoms. The van der Waals surface area contributed by atoms with Crippen molar-refractivity contribution in [1.29, 1.82) is 0 Å². The van der Waals surface area contributed by atoms with Crippen molar-refractivity contribution >= 4 is 16.8 Å². The van der Waals surface area contributed by atoms with Gasteiger partial charge in [-0.2, -0.15) is 0 Å². The largest absolute Gasteiger partial charge is 0.346 e. The predicted molar refractivity (Wildman–Crippen MR) is 115 cm³/mol. The second-order valence-electron chi connectivity index (χ2n) is 9.29. The number of pyridine rings is 1. The highest BCUT2D eigenvalue weighted by Crippen LogP contribution is 2.46. The topological polar surface area (TPSA) is 57.8 Å². The average Bonchev–Trinajstić information content (AvgIpc) is 3.24. The Labute approximate surface area is 171 Å². The van der Waals surface area contributed by atoms with E-state index in [1.807, 2.05) is 0 Å². The summed E-state index contributed by atoms with van der Waals surface area (Å²) < 4.78 is 0. The minimum atomic E-state index is 0.0357. The van der Waals surface area contributed by atoms with Gasteiger partial charge in [-0.1, -0.05) is 31.4 Å². The zero-order chi connectivity index (χ0) is 19.4. The lowest BCUT2D eigenvalue weighted by Crippen LogP contribution is -2.38. The van der Waals surface area contributed by atoms with Crippen LogP contribution in [-0.2, 0) is 11.8 Å². The lowest BCUT2D eigenvalue weighted by Gasteiger charge is -2.34. The molecule has 1 aliphatic heterocycles. The summed E-state index contributed by atoms with van der Waals surface area (Å²) in [5.74, 6) is 1.14. The van der Waals surface area contributed by atoms with Crippen LogP contribution in [0.3, 0.4) is 0 Å². The molecular weight excluding hydrogens is 358 g/mol. The monoisotopic (exact) mass is 385 g/mol. The summed E-state index contributed by atoms with van der Waals surface area (Å²) in [6.07, 6.45) is 10.0. The fourth-order valence-electron chi connectivity index (χ4n) is 5.63. The zero-order valence-corrected chi connectivity index (χ0v) is 16.8. The van der Waals surface area contributed by atoms with Crippen molar-refractivity contribution in [2.45, 2.75) is 50.4 Å². The SMILES string of the molecule is O=C1CC2(CCNCC2)c2cc(-c3c[nH]c4nc(CC5CCC5)ccc34)ccc21. The quantitative estimate of drug-likeness (QED) is 0.682. The van der Waals surface area contributed by atoms with Gasteiger partial charge in [0.2, 0.25) is 0 Å². The van der Waals surface area contributed by atoms with Crippen LogP contribution >= 0.6 is 0 Å². The molecule has 1 saturated heterocycles. The van der Waals surface area contributed by atoms with Gasteiger partial charge in [-0.3, -0.25) is 4.79 Å². The number of ketones is 1. The third-order valence-electron chi connectivity index (χ3n) is 7.58. The number of Topliss-reactive ketones (excluding diaryl/α,β-unsaturated/α-hetero) is 1. The molecule has 3 heterocycles. The van der Waals surface area contributed by atoms with E-state index >= 15 is 0 Å². The third kappa shape index (κ3) is 2.77. The molecular formula is C25H27N3O. The second-order valence-corrected chi connectivity index (χ2v) is 9.29. The number of benzene rings is 1. The van der Waals surface area contributed by atoms with Crippen molar-refractivity contribution in [3.8, 4) is 11.1 Å². The summed E-state index contributed by atoms with van der Waals surface area (Å²) in [4.78, 5) is 21.0. The first-order chi connectivity index (χ1) is 14.2. The summed E-state index contributed by atoms with van der Waals surface area (Å²) in [6.45, 7) is 2.00. The fraction of sp³-hybridized carbons (Fsp3) is 0.440. The molecule has 0 atom stereocenters. The molecule has 2 N–H and O–H groups in total. The Morgan fingerprint density at radius 1 is 1.07 bits per heavy atom. The Balaban J connectivity index is 1.39. The molecule has 2 fully saturated rings. The molecule has 4 nitrogen and oxygen atoms in total. The van der Waals surface area contributed by atoms with Gasteiger partial charge < -0.3 is 10.3 Å². The number of aromatic amines is 1. The molecule has 29 heavy (non-hydrogen) atoms. The summed E-state index contributed by atoms with van der Waals surface area (Å²) in [5, 5.41) is 4.62. The van der Waals surface area contributed by atoms with Crippen molar-refractivity contribution in [1.82, 2.24) is 15.3 Å². The van der Waals surface area contributed by atoms with E-state index in [-0.39, 0.29) is 5.41 Å². The van der Waals surface area contributed by atoms with Gasteiger partial charge in [0.1, 0.15) is 5.65 Å². The van der Waals surface area contributed by atoms with E-state index in [1.165, 1.54) is 47.0 Å². The van der Waals surface area contributed by atoms with Crippen LogP contribution in [0.5, 0.6) is 0 Å². The maximum atomic E-state index is 12.7. The molecule has 148 valence electrons. The first-order valence-corrected chi connectivity index (χ1v) is 11.1. The number of piperidine rings is 1. The van der Waals surface area contributed by atoms with E-state index < -0.39 is 0 Å². The average molecular weight is 386 g/mol. The summed E-state index contributed by atoms with van der Waals surface area (Å²) >= 11 is 0. The van der Waals surface area contributed by atoms with E-state index in [2.05, 4.69) is 46.8 Å². The summed E-state index contributed by atoms with van der Waals surface area (Å²) in [5.41, 5.74) is 6.80. The highest BCUT2D eigenvalue weighted by atomic mass is 16.1. The van der Waals surface area contributed by atoms with Crippen LogP contribution in [0, 0.1) is 5.92 Å². The highest BCUT2D eigenvalue weighted by Gasteiger charge is 2.43. The minimum Gasteiger partial charge on any atom is -0.346 e. The fourth-order valence-corrected chi connectivity index (χ4v) is 5.63. The normalized spacial score (nSPS) is 20.9. The standard InChI is InChI=1S/C25H27N3O/c29-23-14-25(8-10-26-11-9-25)22-13-17(4-6-20(22)23)21-15-27-24-19(21)7-5-18(28-24)12-16-2-1-3-16/h4-7,13,15-16,26H,1-3,8-12,14H2,(H,27,28). The van der Waals surface area contributed by atoms with Gasteiger partial charge >= 0.3 is 0 Å². The number of aromatic nitrogens is 2. The van der Waals surface area contributed by atoms with Crippen molar-refractivity contribution in [3.05, 3.63) is 53.3 Å². The molecule has 4 heteroatoms. The predicted octanol–water partition coefficient (Wildman–Crippen LogP) is 4.78. The number of H-pyrrole nitrogens is 1. The molecule has 0 bridgehead atoms. The van der Waals surface area contributed by atoms with Crippen LogP contribution < -0.4 is 5.32 Å². The Morgan fingerprint density at radius 2 is 1.93 bits per heavy atom. The molecule has 6 rings (SSSR count). The maximum absolute atomic E-state index is 12.7. The summed E-state index contributed by atoms with van der Waals surface area (Å²) in [6, 6.07) is 10.9. The van der Waals surface area contributed by atoms with Crippen LogP contribution in [0.2, 0.25) is 0 Å². The molecule has 3 aliphatic rings. The first kappa shape index (κ1) is 17.4. The second kappa shape index (κ2) is 6.53. The van der Waals surface area contributed by atoms with Crippen LogP contribution in [0.15, 0.2) is 36.5 Å². The number of carbonyl (C=O) groups is 1. The van der Waals surface area contributed by atoms with Gasteiger partial charge in [-0.05, 0) is 67.6 Å². The minimum absolute atomic E-state index is 0.0357. The summed E-state index contributed by atoms with van der Waals surface area (Å²) in [7, 11) is 0. The number of fused-ring (bicyclic) bond motifs is 3. The lowest BCUT2D eigenvalue weighted by molar-refractivity contribution is 0.0964. The zero-order valence-electron chi connectivity index (χ0n) is 16.8. The van der Waals surface area contributed by atoms with Crippen LogP contribution in [0.25, 0.3) is 22.2 Å². The van der Waals surface area contributed by atoms with Crippen LogP contribution in [0.1, 0.15) is 60.1 Å². The number of hydrogen-bond donors (Lipinski definition) is 2. The van der Waals surface area contributed by atoms with Crippen molar-refractivity contribution in [2.24, 2.45) is 5.92 Å². The Morgan fingerprint density at radius 3 is 2.72 bits per heavy atom. The van der Waals surface area contributed by atoms with Crippen molar-refractivity contribution < 1.29 is 4.79 Å². The van der Waals surface area contributed by atoms with Crippen molar-refractivity contribution in [2.75, 3.05) is 13.1 Å². The molecule has 1 aromatic carbocycles. The number of nitrogens with zero attached hydrogens (tertiary/aromatic N) is 1. The Bertz CT molecular complexity index is 1100. The molecule has 2 aliphatic carbocycles. The van der Waals surface area contributed by atoms with Gasteiger partial charge in [0.15, 0.2) is 5.78 Å². The molecule has 3 aromatic rings. The smallest absolute Gasteiger partial charge is 0.164 e. The lowest BCUT2D eigenvalue weighted by atomic mass is 9.74. The Kier molecular flexibility index (Phi) is 3.92. The number of hydrogen-bond acceptors (Lipinski definition) is 3. The van der Waals surface area contributed by atoms with E-state index in [0.717, 1.165) is 49.5 Å². The Hall–Kier alpha value is -2.46. The van der Waals surface area contributed by atoms with Gasteiger partial charge in [-0.25, -0.2) is 4.98 Å². The van der Waals surface area contributed by atoms with E-state index in [0.29, 0.717) is 12.2 Å². The van der Waals surface area contributed by atoms with Gasteiger partial charge in [0.05, 0.1) is 0 Å². The van der Waals surface area contributed by atoms with Crippen LogP contribution in [0.4, 0.5) is 0 Å². The molecule has 0 amide bonds. The molecule has 0 unspecified atom stereocenters. The molecule has 2 aromatic heterocycles. The van der Waals surface area contributed by atoms with Crippen LogP contribution in [-0.4, -0.2) is 28.8 Å².